The number of benzene rings is 2. The first kappa shape index (κ1) is 18.9. The highest BCUT2D eigenvalue weighted by Crippen LogP contribution is 2.38. The highest BCUT2D eigenvalue weighted by Gasteiger charge is 2.39. The maximum absolute atomic E-state index is 12.3. The Hall–Kier alpha value is -2.41. The smallest absolute Gasteiger partial charge is 0.251 e. The molecule has 2 aromatic rings. The number of ether oxygens (including phenoxy) is 2. The number of amides is 2. The molecule has 0 unspecified atom stereocenters. The molecule has 6 nitrogen and oxygen atoms in total. The normalized spacial score (nSPS) is 17.6. The van der Waals surface area contributed by atoms with Crippen molar-refractivity contribution in [3.63, 3.8) is 0 Å². The molecule has 1 fully saturated rings. The zero-order valence-corrected chi connectivity index (χ0v) is 16.3. The maximum Gasteiger partial charge on any atom is 0.251 e. The van der Waals surface area contributed by atoms with Crippen LogP contribution in [0.4, 0.5) is 5.69 Å². The van der Waals surface area contributed by atoms with Crippen LogP contribution in [0.15, 0.2) is 42.5 Å². The van der Waals surface area contributed by atoms with Crippen LogP contribution in [0.5, 0.6) is 0 Å². The number of nitrogens with one attached hydrogen (secondary N) is 1. The molecule has 0 saturated carbocycles. The van der Waals surface area contributed by atoms with Gasteiger partial charge in [0.25, 0.3) is 5.91 Å². The Morgan fingerprint density at radius 2 is 2.00 bits per heavy atom. The third-order valence-electron chi connectivity index (χ3n) is 5.18. The number of hydrogen-bond donors (Lipinski definition) is 1. The lowest BCUT2D eigenvalue weighted by molar-refractivity contribution is -0.169. The van der Waals surface area contributed by atoms with Gasteiger partial charge in [0, 0.05) is 41.9 Å². The van der Waals surface area contributed by atoms with Crippen LogP contribution < -0.4 is 10.2 Å². The van der Waals surface area contributed by atoms with E-state index in [-0.39, 0.29) is 11.8 Å². The molecule has 0 bridgehead atoms. The van der Waals surface area contributed by atoms with Crippen molar-refractivity contribution in [2.24, 2.45) is 0 Å². The van der Waals surface area contributed by atoms with Crippen LogP contribution in [0.25, 0.3) is 0 Å². The van der Waals surface area contributed by atoms with E-state index in [1.165, 1.54) is 0 Å². The molecule has 1 saturated heterocycles. The summed E-state index contributed by atoms with van der Waals surface area (Å²) in [6.07, 6.45) is 0.836. The van der Waals surface area contributed by atoms with Gasteiger partial charge in [-0.25, -0.2) is 0 Å². The van der Waals surface area contributed by atoms with Crippen molar-refractivity contribution in [2.75, 3.05) is 31.7 Å². The van der Waals surface area contributed by atoms with Crippen LogP contribution in [0.1, 0.15) is 27.9 Å². The van der Waals surface area contributed by atoms with Crippen LogP contribution in [-0.2, 0) is 26.5 Å². The average Bonchev–Trinajstić information content (AvgIpc) is 3.27. The number of fused-ring (bicyclic) bond motifs is 1. The van der Waals surface area contributed by atoms with Crippen molar-refractivity contribution in [3.05, 3.63) is 64.2 Å². The number of hydrogen-bond acceptors (Lipinski definition) is 4. The summed E-state index contributed by atoms with van der Waals surface area (Å²) in [7, 11) is 1.78. The fourth-order valence-corrected chi connectivity index (χ4v) is 3.88. The Labute approximate surface area is 168 Å². The van der Waals surface area contributed by atoms with E-state index in [1.807, 2.05) is 18.2 Å². The molecule has 7 heteroatoms. The standard InChI is InChI=1S/C21H21ClN2O4/c1-24-18-6-5-16(11-15(18)13-19(24)25)21(27-9-10-28-21)7-8-23-20(26)14-3-2-4-17(22)12-14/h2-6,11-12H,7-10,13H2,1H3,(H,23,26). The molecule has 2 heterocycles. The van der Waals surface area contributed by atoms with Gasteiger partial charge >= 0.3 is 0 Å². The van der Waals surface area contributed by atoms with Gasteiger partial charge in [-0.3, -0.25) is 9.59 Å². The quantitative estimate of drug-likeness (QED) is 0.838. The number of anilines is 1. The van der Waals surface area contributed by atoms with Crippen molar-refractivity contribution in [1.82, 2.24) is 5.32 Å². The second-order valence-corrected chi connectivity index (χ2v) is 7.38. The monoisotopic (exact) mass is 400 g/mol. The van der Waals surface area contributed by atoms with Gasteiger partial charge < -0.3 is 19.7 Å². The summed E-state index contributed by atoms with van der Waals surface area (Å²) in [6.45, 7) is 1.34. The molecular formula is C21H21ClN2O4. The molecule has 0 radical (unpaired) electrons. The minimum atomic E-state index is -0.916. The summed E-state index contributed by atoms with van der Waals surface area (Å²) in [6, 6.07) is 12.6. The minimum absolute atomic E-state index is 0.0724. The van der Waals surface area contributed by atoms with Crippen LogP contribution in [0.3, 0.4) is 0 Å². The molecule has 0 spiro atoms. The molecule has 0 atom stereocenters. The second kappa shape index (κ2) is 7.54. The molecule has 0 aromatic heterocycles. The fraction of sp³-hybridized carbons (Fsp3) is 0.333. The molecule has 0 aliphatic carbocycles. The number of likely N-dealkylation sites (N-methyl/N-ethyl adjacent to an activating group) is 1. The molecule has 4 rings (SSSR count). The topological polar surface area (TPSA) is 67.9 Å². The molecule has 146 valence electrons. The predicted molar refractivity (Wildman–Crippen MR) is 106 cm³/mol. The average molecular weight is 401 g/mol. The third kappa shape index (κ3) is 3.51. The van der Waals surface area contributed by atoms with Gasteiger partial charge in [0.2, 0.25) is 5.91 Å². The van der Waals surface area contributed by atoms with Crippen molar-refractivity contribution < 1.29 is 19.1 Å². The van der Waals surface area contributed by atoms with Gasteiger partial charge in [-0.1, -0.05) is 23.7 Å². The summed E-state index contributed by atoms with van der Waals surface area (Å²) < 4.78 is 11.9. The van der Waals surface area contributed by atoms with Crippen molar-refractivity contribution >= 4 is 29.1 Å². The van der Waals surface area contributed by atoms with Gasteiger partial charge in [0.1, 0.15) is 0 Å². The van der Waals surface area contributed by atoms with Gasteiger partial charge in [-0.05, 0) is 35.9 Å². The second-order valence-electron chi connectivity index (χ2n) is 6.94. The van der Waals surface area contributed by atoms with E-state index in [9.17, 15) is 9.59 Å². The molecule has 2 amide bonds. The van der Waals surface area contributed by atoms with E-state index in [2.05, 4.69) is 5.32 Å². The number of nitrogens with zero attached hydrogens (tertiary/aromatic N) is 1. The van der Waals surface area contributed by atoms with Crippen molar-refractivity contribution in [1.29, 1.82) is 0 Å². The third-order valence-corrected chi connectivity index (χ3v) is 5.41. The molecule has 2 aromatic carbocycles. The number of carbonyl (C=O) groups excluding carboxylic acids is 2. The first-order valence-corrected chi connectivity index (χ1v) is 9.58. The lowest BCUT2D eigenvalue weighted by Gasteiger charge is -2.28. The maximum atomic E-state index is 12.3. The molecule has 2 aliphatic heterocycles. The fourth-order valence-electron chi connectivity index (χ4n) is 3.69. The van der Waals surface area contributed by atoms with Crippen LogP contribution in [0, 0.1) is 0 Å². The minimum Gasteiger partial charge on any atom is -0.352 e. The molecule has 2 aliphatic rings. The van der Waals surface area contributed by atoms with Crippen LogP contribution >= 0.6 is 11.6 Å². The van der Waals surface area contributed by atoms with E-state index in [4.69, 9.17) is 21.1 Å². The lowest BCUT2D eigenvalue weighted by atomic mass is 9.98. The predicted octanol–water partition coefficient (Wildman–Crippen LogP) is 2.88. The Kier molecular flexibility index (Phi) is 5.10. The Bertz CT molecular complexity index is 924. The van der Waals surface area contributed by atoms with Crippen molar-refractivity contribution in [3.8, 4) is 0 Å². The Morgan fingerprint density at radius 1 is 1.21 bits per heavy atom. The summed E-state index contributed by atoms with van der Waals surface area (Å²) >= 11 is 5.95. The Balaban J connectivity index is 1.48. The number of halogens is 1. The zero-order valence-electron chi connectivity index (χ0n) is 15.5. The molecule has 1 N–H and O–H groups in total. The van der Waals surface area contributed by atoms with Gasteiger partial charge in [-0.15, -0.1) is 0 Å². The first-order valence-electron chi connectivity index (χ1n) is 9.20. The van der Waals surface area contributed by atoms with E-state index < -0.39 is 5.79 Å². The highest BCUT2D eigenvalue weighted by atomic mass is 35.5. The Morgan fingerprint density at radius 3 is 2.75 bits per heavy atom. The summed E-state index contributed by atoms with van der Waals surface area (Å²) in [5.74, 6) is -1.04. The largest absolute Gasteiger partial charge is 0.352 e. The number of carbonyl (C=O) groups is 2. The lowest BCUT2D eigenvalue weighted by Crippen LogP contribution is -2.34. The molecule has 28 heavy (non-hydrogen) atoms. The van der Waals surface area contributed by atoms with Gasteiger partial charge in [0.05, 0.1) is 19.6 Å². The van der Waals surface area contributed by atoms with E-state index in [0.29, 0.717) is 43.2 Å². The SMILES string of the molecule is CN1C(=O)Cc2cc(C3(CCNC(=O)c4cccc(Cl)c4)OCCO3)ccc21. The van der Waals surface area contributed by atoms with Crippen LogP contribution in [0.2, 0.25) is 5.02 Å². The van der Waals surface area contributed by atoms with Gasteiger partial charge in [0.15, 0.2) is 5.79 Å². The van der Waals surface area contributed by atoms with Crippen molar-refractivity contribution in [2.45, 2.75) is 18.6 Å². The first-order chi connectivity index (χ1) is 13.5. The van der Waals surface area contributed by atoms with E-state index in [0.717, 1.165) is 16.8 Å². The van der Waals surface area contributed by atoms with Crippen LogP contribution in [-0.4, -0.2) is 38.6 Å². The van der Waals surface area contributed by atoms with E-state index in [1.54, 1.807) is 36.2 Å². The highest BCUT2D eigenvalue weighted by molar-refractivity contribution is 6.30. The summed E-state index contributed by atoms with van der Waals surface area (Å²) in [5, 5.41) is 3.41. The zero-order chi connectivity index (χ0) is 19.7. The summed E-state index contributed by atoms with van der Waals surface area (Å²) in [4.78, 5) is 26.0. The molecular weight excluding hydrogens is 380 g/mol. The van der Waals surface area contributed by atoms with Gasteiger partial charge in [-0.2, -0.15) is 0 Å². The summed E-state index contributed by atoms with van der Waals surface area (Å²) in [5.41, 5.74) is 3.25. The van der Waals surface area contributed by atoms with E-state index >= 15 is 0 Å². The number of rotatable bonds is 5.